The van der Waals surface area contributed by atoms with Gasteiger partial charge in [0.1, 0.15) is 6.33 Å². The Bertz CT molecular complexity index is 431. The van der Waals surface area contributed by atoms with Gasteiger partial charge < -0.3 is 5.73 Å². The maximum Gasteiger partial charge on any atom is 0.115 e. The van der Waals surface area contributed by atoms with Gasteiger partial charge in [0.2, 0.25) is 0 Å². The summed E-state index contributed by atoms with van der Waals surface area (Å²) in [4.78, 5) is 8.16. The largest absolute Gasteiger partial charge is 0.324 e. The number of hydrogen-bond acceptors (Lipinski definition) is 3. The van der Waals surface area contributed by atoms with Gasteiger partial charge in [-0.3, -0.25) is 0 Å². The zero-order chi connectivity index (χ0) is 13.5. The minimum Gasteiger partial charge on any atom is -0.324 e. The summed E-state index contributed by atoms with van der Waals surface area (Å²) >= 11 is 0. The van der Waals surface area contributed by atoms with E-state index in [0.29, 0.717) is 0 Å². The second kappa shape index (κ2) is 5.10. The highest BCUT2D eigenvalue weighted by Gasteiger charge is 2.47. The maximum absolute atomic E-state index is 6.32. The number of nitrogens with two attached hydrogens (primary N) is 1. The third kappa shape index (κ3) is 2.26. The molecule has 4 saturated carbocycles. The predicted molar refractivity (Wildman–Crippen MR) is 78.7 cm³/mol. The lowest BCUT2D eigenvalue weighted by Gasteiger charge is -2.54. The number of aromatic nitrogens is 2. The lowest BCUT2D eigenvalue weighted by atomic mass is 9.51. The molecule has 1 atom stereocenters. The van der Waals surface area contributed by atoms with Gasteiger partial charge in [0, 0.05) is 24.0 Å². The highest BCUT2D eigenvalue weighted by atomic mass is 14.8. The minimum absolute atomic E-state index is 0.119. The molecule has 4 aliphatic carbocycles. The van der Waals surface area contributed by atoms with Crippen molar-refractivity contribution in [2.75, 3.05) is 0 Å². The van der Waals surface area contributed by atoms with Crippen molar-refractivity contribution in [1.29, 1.82) is 0 Å². The molecule has 1 heterocycles. The summed E-state index contributed by atoms with van der Waals surface area (Å²) in [7, 11) is 0. The molecule has 0 spiro atoms. The SMILES string of the molecule is NC(CCC1C2CC3CC(C2)CC1C3)c1cncnc1. The van der Waals surface area contributed by atoms with Gasteiger partial charge in [-0.05, 0) is 74.5 Å². The van der Waals surface area contributed by atoms with Crippen LogP contribution in [0.4, 0.5) is 0 Å². The molecule has 1 aromatic heterocycles. The van der Waals surface area contributed by atoms with Crippen LogP contribution < -0.4 is 5.73 Å². The van der Waals surface area contributed by atoms with Crippen molar-refractivity contribution in [3.63, 3.8) is 0 Å². The molecule has 0 radical (unpaired) electrons. The summed E-state index contributed by atoms with van der Waals surface area (Å²) < 4.78 is 0. The molecule has 3 nitrogen and oxygen atoms in total. The van der Waals surface area contributed by atoms with Crippen molar-refractivity contribution in [3.8, 4) is 0 Å². The molecule has 0 amide bonds. The molecule has 0 aromatic carbocycles. The first kappa shape index (κ1) is 12.8. The molecule has 4 fully saturated rings. The molecule has 0 saturated heterocycles. The maximum atomic E-state index is 6.32. The summed E-state index contributed by atoms with van der Waals surface area (Å²) in [6.45, 7) is 0. The molecular weight excluding hydrogens is 246 g/mol. The number of hydrogen-bond donors (Lipinski definition) is 1. The fourth-order valence-corrected chi connectivity index (χ4v) is 5.55. The highest BCUT2D eigenvalue weighted by Crippen LogP contribution is 2.57. The van der Waals surface area contributed by atoms with Gasteiger partial charge in [-0.25, -0.2) is 9.97 Å². The third-order valence-corrected chi connectivity index (χ3v) is 6.24. The number of nitrogens with zero attached hydrogens (tertiary/aromatic N) is 2. The summed E-state index contributed by atoms with van der Waals surface area (Å²) in [6, 6.07) is 0.119. The van der Waals surface area contributed by atoms with Gasteiger partial charge >= 0.3 is 0 Å². The van der Waals surface area contributed by atoms with Crippen LogP contribution in [0.15, 0.2) is 18.7 Å². The monoisotopic (exact) mass is 271 g/mol. The molecule has 5 rings (SSSR count). The van der Waals surface area contributed by atoms with Crippen LogP contribution in [0.2, 0.25) is 0 Å². The van der Waals surface area contributed by atoms with Crippen LogP contribution in [-0.2, 0) is 0 Å². The Morgan fingerprint density at radius 3 is 2.20 bits per heavy atom. The molecule has 2 N–H and O–H groups in total. The van der Waals surface area contributed by atoms with Crippen LogP contribution in [0.3, 0.4) is 0 Å². The van der Waals surface area contributed by atoms with E-state index >= 15 is 0 Å². The van der Waals surface area contributed by atoms with Crippen molar-refractivity contribution >= 4 is 0 Å². The Morgan fingerprint density at radius 2 is 1.60 bits per heavy atom. The average molecular weight is 271 g/mol. The standard InChI is InChI=1S/C17H25N3/c18-17(15-8-19-10-20-9-15)2-1-16-13-4-11-3-12(6-13)7-14(16)5-11/h8-14,16-17H,1-7,18H2. The van der Waals surface area contributed by atoms with Gasteiger partial charge in [-0.1, -0.05) is 0 Å². The second-order valence-corrected chi connectivity index (χ2v) is 7.45. The Labute approximate surface area is 121 Å². The zero-order valence-corrected chi connectivity index (χ0v) is 12.1. The van der Waals surface area contributed by atoms with Crippen LogP contribution in [0, 0.1) is 29.6 Å². The van der Waals surface area contributed by atoms with Gasteiger partial charge in [-0.15, -0.1) is 0 Å². The Balaban J connectivity index is 1.38. The van der Waals surface area contributed by atoms with Crippen molar-refractivity contribution in [1.82, 2.24) is 9.97 Å². The van der Waals surface area contributed by atoms with Crippen LogP contribution in [-0.4, -0.2) is 9.97 Å². The van der Waals surface area contributed by atoms with Gasteiger partial charge in [0.05, 0.1) is 0 Å². The fraction of sp³-hybridized carbons (Fsp3) is 0.765. The quantitative estimate of drug-likeness (QED) is 0.914. The molecule has 1 unspecified atom stereocenters. The minimum atomic E-state index is 0.119. The van der Waals surface area contributed by atoms with E-state index in [4.69, 9.17) is 5.73 Å². The van der Waals surface area contributed by atoms with Crippen molar-refractivity contribution in [2.45, 2.75) is 51.0 Å². The van der Waals surface area contributed by atoms with Gasteiger partial charge in [0.15, 0.2) is 0 Å². The van der Waals surface area contributed by atoms with Crippen molar-refractivity contribution < 1.29 is 0 Å². The highest BCUT2D eigenvalue weighted by molar-refractivity contribution is 5.08. The molecule has 20 heavy (non-hydrogen) atoms. The normalized spacial score (nSPS) is 40.0. The van der Waals surface area contributed by atoms with E-state index in [-0.39, 0.29) is 6.04 Å². The molecule has 4 bridgehead atoms. The summed E-state index contributed by atoms with van der Waals surface area (Å²) in [6.07, 6.45) is 15.3. The fourth-order valence-electron chi connectivity index (χ4n) is 5.55. The third-order valence-electron chi connectivity index (χ3n) is 6.24. The van der Waals surface area contributed by atoms with Gasteiger partial charge in [-0.2, -0.15) is 0 Å². The molecule has 4 aliphatic rings. The number of rotatable bonds is 4. The molecule has 108 valence electrons. The van der Waals surface area contributed by atoms with Crippen molar-refractivity contribution in [3.05, 3.63) is 24.3 Å². The van der Waals surface area contributed by atoms with Crippen LogP contribution in [0.5, 0.6) is 0 Å². The van der Waals surface area contributed by atoms with E-state index in [1.165, 1.54) is 32.1 Å². The van der Waals surface area contributed by atoms with Crippen LogP contribution in [0.25, 0.3) is 0 Å². The van der Waals surface area contributed by atoms with Crippen LogP contribution >= 0.6 is 0 Å². The average Bonchev–Trinajstić information content (AvgIpc) is 2.46. The Hall–Kier alpha value is -0.960. The summed E-state index contributed by atoms with van der Waals surface area (Å²) in [5.74, 6) is 5.14. The lowest BCUT2D eigenvalue weighted by molar-refractivity contribution is -0.0408. The first-order chi connectivity index (χ1) is 9.79. The molecule has 0 aliphatic heterocycles. The summed E-state index contributed by atoms with van der Waals surface area (Å²) in [5.41, 5.74) is 7.41. The smallest absolute Gasteiger partial charge is 0.115 e. The van der Waals surface area contributed by atoms with Gasteiger partial charge in [0.25, 0.3) is 0 Å². The summed E-state index contributed by atoms with van der Waals surface area (Å²) in [5, 5.41) is 0. The topological polar surface area (TPSA) is 51.8 Å². The van der Waals surface area contributed by atoms with E-state index in [9.17, 15) is 0 Å². The van der Waals surface area contributed by atoms with E-state index in [1.807, 2.05) is 12.4 Å². The first-order valence-corrected chi connectivity index (χ1v) is 8.30. The van der Waals surface area contributed by atoms with E-state index in [0.717, 1.165) is 41.6 Å². The Morgan fingerprint density at radius 1 is 1.00 bits per heavy atom. The molecule has 3 heteroatoms. The second-order valence-electron chi connectivity index (χ2n) is 7.45. The molecular formula is C17H25N3. The van der Waals surface area contributed by atoms with E-state index in [2.05, 4.69) is 9.97 Å². The zero-order valence-electron chi connectivity index (χ0n) is 12.1. The first-order valence-electron chi connectivity index (χ1n) is 8.30. The van der Waals surface area contributed by atoms with E-state index in [1.54, 1.807) is 12.7 Å². The van der Waals surface area contributed by atoms with Crippen molar-refractivity contribution in [2.24, 2.45) is 35.3 Å². The Kier molecular flexibility index (Phi) is 3.25. The van der Waals surface area contributed by atoms with Crippen LogP contribution in [0.1, 0.15) is 56.6 Å². The van der Waals surface area contributed by atoms with E-state index < -0.39 is 0 Å². The lowest BCUT2D eigenvalue weighted by Crippen LogP contribution is -2.45. The predicted octanol–water partition coefficient (Wildman–Crippen LogP) is 3.33. The molecule has 1 aromatic rings.